The molecule has 1 N–H and O–H groups in total. The van der Waals surface area contributed by atoms with Crippen LogP contribution in [0.1, 0.15) is 0 Å². The van der Waals surface area contributed by atoms with Gasteiger partial charge in [-0.05, 0) is 11.2 Å². The third kappa shape index (κ3) is 1.13. The lowest BCUT2D eigenvalue weighted by atomic mass is 10.5. The number of hydrogen-bond acceptors (Lipinski definition) is 4. The number of hydrogen-bond donors (Lipinski definition) is 1. The fraction of sp³-hybridized carbons (Fsp3) is 0. The second kappa shape index (κ2) is 2.70. The van der Waals surface area contributed by atoms with Crippen molar-refractivity contribution in [2.24, 2.45) is 5.18 Å². The van der Waals surface area contributed by atoms with Gasteiger partial charge in [0.1, 0.15) is 5.65 Å². The van der Waals surface area contributed by atoms with E-state index in [0.717, 1.165) is 0 Å². The van der Waals surface area contributed by atoms with Crippen LogP contribution in [0, 0.1) is 4.91 Å². The van der Waals surface area contributed by atoms with E-state index in [1.807, 2.05) is 0 Å². The van der Waals surface area contributed by atoms with Gasteiger partial charge < -0.3 is 5.11 Å². The summed E-state index contributed by atoms with van der Waals surface area (Å²) < 4.78 is 1.36. The minimum Gasteiger partial charge on any atom is -0.490 e. The summed E-state index contributed by atoms with van der Waals surface area (Å²) in [7, 11) is 0. The molecule has 0 amide bonds. The molecule has 2 aromatic rings. The van der Waals surface area contributed by atoms with Crippen molar-refractivity contribution in [3.63, 3.8) is 0 Å². The number of aromatic hydroxyl groups is 1. The van der Waals surface area contributed by atoms with Gasteiger partial charge in [0.05, 0.1) is 0 Å². The topological polar surface area (TPSA) is 67.0 Å². The van der Waals surface area contributed by atoms with E-state index in [1.165, 1.54) is 16.7 Å². The molecule has 0 aliphatic carbocycles. The summed E-state index contributed by atoms with van der Waals surface area (Å²) in [5.74, 6) is -0.510. The van der Waals surface area contributed by atoms with E-state index >= 15 is 0 Å². The first-order valence-electron chi connectivity index (χ1n) is 3.42. The van der Waals surface area contributed by atoms with Crippen LogP contribution in [0.3, 0.4) is 0 Å². The minimum atomic E-state index is -0.391. The fourth-order valence-electron chi connectivity index (χ4n) is 1.08. The average molecular weight is 198 g/mol. The third-order valence-corrected chi connectivity index (χ3v) is 1.87. The first-order valence-corrected chi connectivity index (χ1v) is 3.80. The predicted molar refractivity (Wildman–Crippen MR) is 47.3 cm³/mol. The highest BCUT2D eigenvalue weighted by Crippen LogP contribution is 2.27. The van der Waals surface area contributed by atoms with Gasteiger partial charge in [0, 0.05) is 17.3 Å². The Hall–Kier alpha value is -1.62. The molecule has 0 spiro atoms. The largest absolute Gasteiger partial charge is 0.490 e. The van der Waals surface area contributed by atoms with Gasteiger partial charge in [-0.3, -0.25) is 4.40 Å². The Labute approximate surface area is 77.6 Å². The zero-order valence-corrected chi connectivity index (χ0v) is 7.06. The predicted octanol–water partition coefficient (Wildman–Crippen LogP) is 2.09. The van der Waals surface area contributed by atoms with Gasteiger partial charge in [0.25, 0.3) is 5.88 Å². The molecule has 0 saturated heterocycles. The number of pyridine rings is 1. The number of nitroso groups, excluding NO2 is 1. The average Bonchev–Trinajstić information content (AvgIpc) is 2.39. The standard InChI is InChI=1S/C7H4ClN3O2/c8-4-1-2-11-5(3-4)9-7(12)6(11)10-13/h1-3,12H. The Morgan fingerprint density at radius 3 is 3.08 bits per heavy atom. The summed E-state index contributed by atoms with van der Waals surface area (Å²) in [6.45, 7) is 0. The zero-order chi connectivity index (χ0) is 9.42. The van der Waals surface area contributed by atoms with E-state index in [1.54, 1.807) is 6.07 Å². The van der Waals surface area contributed by atoms with Crippen LogP contribution in [0.15, 0.2) is 23.5 Å². The summed E-state index contributed by atoms with van der Waals surface area (Å²) >= 11 is 5.68. The second-order valence-electron chi connectivity index (χ2n) is 2.42. The molecule has 2 heterocycles. The summed E-state index contributed by atoms with van der Waals surface area (Å²) in [4.78, 5) is 14.0. The molecular formula is C7H4ClN3O2. The molecular weight excluding hydrogens is 194 g/mol. The number of fused-ring (bicyclic) bond motifs is 1. The molecule has 2 aromatic heterocycles. The lowest BCUT2D eigenvalue weighted by molar-refractivity contribution is 0.459. The first kappa shape index (κ1) is 8.00. The number of rotatable bonds is 1. The number of aromatic nitrogens is 2. The van der Waals surface area contributed by atoms with E-state index in [4.69, 9.17) is 16.7 Å². The van der Waals surface area contributed by atoms with Crippen LogP contribution in [0.4, 0.5) is 5.82 Å². The van der Waals surface area contributed by atoms with Crippen LogP contribution in [0.2, 0.25) is 5.02 Å². The van der Waals surface area contributed by atoms with Crippen molar-refractivity contribution < 1.29 is 5.11 Å². The van der Waals surface area contributed by atoms with Crippen molar-refractivity contribution in [3.05, 3.63) is 28.3 Å². The van der Waals surface area contributed by atoms with Gasteiger partial charge in [0.2, 0.25) is 5.82 Å². The van der Waals surface area contributed by atoms with Gasteiger partial charge in [-0.15, -0.1) is 4.91 Å². The van der Waals surface area contributed by atoms with Gasteiger partial charge in [0.15, 0.2) is 0 Å². The smallest absolute Gasteiger partial charge is 0.261 e. The SMILES string of the molecule is O=Nc1c(O)nc2cc(Cl)ccn12. The number of nitrogens with zero attached hydrogens (tertiary/aromatic N) is 3. The number of halogens is 1. The van der Waals surface area contributed by atoms with Crippen LogP contribution in [-0.4, -0.2) is 14.5 Å². The Kier molecular flexibility index (Phi) is 1.66. The highest BCUT2D eigenvalue weighted by molar-refractivity contribution is 6.30. The molecule has 0 aliphatic rings. The molecule has 0 atom stereocenters. The second-order valence-corrected chi connectivity index (χ2v) is 2.86. The molecule has 0 aromatic carbocycles. The lowest BCUT2D eigenvalue weighted by Gasteiger charge is -1.92. The minimum absolute atomic E-state index is 0.119. The van der Waals surface area contributed by atoms with Crippen LogP contribution >= 0.6 is 11.6 Å². The summed E-state index contributed by atoms with van der Waals surface area (Å²) in [6.07, 6.45) is 1.52. The van der Waals surface area contributed by atoms with Crippen molar-refractivity contribution in [3.8, 4) is 5.88 Å². The van der Waals surface area contributed by atoms with E-state index in [0.29, 0.717) is 10.7 Å². The molecule has 0 radical (unpaired) electrons. The highest BCUT2D eigenvalue weighted by atomic mass is 35.5. The maximum Gasteiger partial charge on any atom is 0.261 e. The van der Waals surface area contributed by atoms with Crippen molar-refractivity contribution in [2.75, 3.05) is 0 Å². The molecule has 0 unspecified atom stereocenters. The molecule has 0 bridgehead atoms. The molecule has 13 heavy (non-hydrogen) atoms. The van der Waals surface area contributed by atoms with Gasteiger partial charge in [-0.2, -0.15) is 4.98 Å². The Morgan fingerprint density at radius 2 is 2.38 bits per heavy atom. The Balaban J connectivity index is 2.86. The monoisotopic (exact) mass is 197 g/mol. The van der Waals surface area contributed by atoms with E-state index < -0.39 is 5.88 Å². The van der Waals surface area contributed by atoms with Crippen LogP contribution in [-0.2, 0) is 0 Å². The zero-order valence-electron chi connectivity index (χ0n) is 6.31. The van der Waals surface area contributed by atoms with Crippen molar-refractivity contribution >= 4 is 23.1 Å². The van der Waals surface area contributed by atoms with Crippen LogP contribution in [0.5, 0.6) is 5.88 Å². The van der Waals surface area contributed by atoms with Gasteiger partial charge >= 0.3 is 0 Å². The molecule has 0 fully saturated rings. The van der Waals surface area contributed by atoms with E-state index in [-0.39, 0.29) is 5.82 Å². The van der Waals surface area contributed by atoms with Gasteiger partial charge in [-0.25, -0.2) is 0 Å². The maximum atomic E-state index is 10.3. The molecule has 6 heteroatoms. The van der Waals surface area contributed by atoms with Crippen LogP contribution < -0.4 is 0 Å². The van der Waals surface area contributed by atoms with Crippen molar-refractivity contribution in [1.29, 1.82) is 0 Å². The Morgan fingerprint density at radius 1 is 1.62 bits per heavy atom. The quantitative estimate of drug-likeness (QED) is 0.712. The maximum absolute atomic E-state index is 10.3. The lowest BCUT2D eigenvalue weighted by Crippen LogP contribution is -1.81. The van der Waals surface area contributed by atoms with E-state index in [2.05, 4.69) is 10.2 Å². The summed E-state index contributed by atoms with van der Waals surface area (Å²) in [6, 6.07) is 3.10. The normalized spacial score (nSPS) is 10.5. The number of imidazole rings is 1. The molecule has 5 nitrogen and oxygen atoms in total. The molecule has 2 rings (SSSR count). The van der Waals surface area contributed by atoms with Crippen molar-refractivity contribution in [1.82, 2.24) is 9.38 Å². The van der Waals surface area contributed by atoms with Gasteiger partial charge in [-0.1, -0.05) is 11.6 Å². The van der Waals surface area contributed by atoms with E-state index in [9.17, 15) is 4.91 Å². The first-order chi connectivity index (χ1) is 6.22. The van der Waals surface area contributed by atoms with Crippen molar-refractivity contribution in [2.45, 2.75) is 0 Å². The highest BCUT2D eigenvalue weighted by Gasteiger charge is 2.10. The third-order valence-electron chi connectivity index (χ3n) is 1.63. The molecule has 66 valence electrons. The van der Waals surface area contributed by atoms with Crippen LogP contribution in [0.25, 0.3) is 5.65 Å². The summed E-state index contributed by atoms with van der Waals surface area (Å²) in [5.41, 5.74) is 0.389. The summed E-state index contributed by atoms with van der Waals surface area (Å²) in [5, 5.41) is 12.3. The Bertz CT molecular complexity index is 480. The fourth-order valence-corrected chi connectivity index (χ4v) is 1.23. The molecule has 0 saturated carbocycles. The molecule has 0 aliphatic heterocycles.